The molecular weight excluding hydrogens is 202 g/mol. The van der Waals surface area contributed by atoms with Crippen LogP contribution in [0.1, 0.15) is 36.8 Å². The third-order valence-corrected chi connectivity index (χ3v) is 2.78. The van der Waals surface area contributed by atoms with Crippen LogP contribution in [0.25, 0.3) is 0 Å². The van der Waals surface area contributed by atoms with Crippen LogP contribution >= 0.6 is 0 Å². The number of hydrogen-bond donors (Lipinski definition) is 1. The van der Waals surface area contributed by atoms with Gasteiger partial charge in [-0.2, -0.15) is 0 Å². The molecule has 0 aliphatic rings. The summed E-state index contributed by atoms with van der Waals surface area (Å²) in [4.78, 5) is 2.28. The van der Waals surface area contributed by atoms with Gasteiger partial charge in [-0.05, 0) is 32.9 Å². The van der Waals surface area contributed by atoms with E-state index in [1.54, 1.807) is 0 Å². The Morgan fingerprint density at radius 2 is 2.06 bits per heavy atom. The predicted molar refractivity (Wildman–Crippen MR) is 65.5 cm³/mol. The number of aryl methyl sites for hydroxylation is 2. The van der Waals surface area contributed by atoms with Crippen LogP contribution in [0.3, 0.4) is 0 Å². The minimum Gasteiger partial charge on any atom is -0.466 e. The third-order valence-electron chi connectivity index (χ3n) is 2.78. The second kappa shape index (κ2) is 6.71. The summed E-state index contributed by atoms with van der Waals surface area (Å²) in [5.41, 5.74) is 1.24. The lowest BCUT2D eigenvalue weighted by atomic mass is 10.2. The summed E-state index contributed by atoms with van der Waals surface area (Å²) in [6.45, 7) is 9.04. The third kappa shape index (κ3) is 3.99. The molecule has 0 aliphatic heterocycles. The molecule has 1 aromatic heterocycles. The SMILES string of the molecule is CCCCN(CCO)Cc1cc(C)oc1C. The van der Waals surface area contributed by atoms with Crippen LogP contribution < -0.4 is 0 Å². The van der Waals surface area contributed by atoms with Crippen molar-refractivity contribution in [2.75, 3.05) is 19.7 Å². The van der Waals surface area contributed by atoms with Gasteiger partial charge in [0.25, 0.3) is 0 Å². The molecular formula is C13H23NO2. The van der Waals surface area contributed by atoms with E-state index in [9.17, 15) is 0 Å². The van der Waals surface area contributed by atoms with Gasteiger partial charge in [-0.15, -0.1) is 0 Å². The summed E-state index contributed by atoms with van der Waals surface area (Å²) in [5, 5.41) is 9.02. The van der Waals surface area contributed by atoms with Gasteiger partial charge in [0.05, 0.1) is 6.61 Å². The topological polar surface area (TPSA) is 36.6 Å². The fourth-order valence-corrected chi connectivity index (χ4v) is 1.87. The highest BCUT2D eigenvalue weighted by Gasteiger charge is 2.10. The molecule has 0 fully saturated rings. The maximum atomic E-state index is 9.02. The molecule has 0 aromatic carbocycles. The maximum Gasteiger partial charge on any atom is 0.105 e. The van der Waals surface area contributed by atoms with Crippen LogP contribution in [0.4, 0.5) is 0 Å². The predicted octanol–water partition coefficient (Wildman–Crippen LogP) is 2.49. The van der Waals surface area contributed by atoms with Crippen molar-refractivity contribution in [2.45, 2.75) is 40.2 Å². The molecule has 3 nitrogen and oxygen atoms in total. The molecule has 0 saturated carbocycles. The van der Waals surface area contributed by atoms with Gasteiger partial charge >= 0.3 is 0 Å². The van der Waals surface area contributed by atoms with Crippen LogP contribution in [0.15, 0.2) is 10.5 Å². The fraction of sp³-hybridized carbons (Fsp3) is 0.692. The normalized spacial score (nSPS) is 11.3. The van der Waals surface area contributed by atoms with E-state index in [-0.39, 0.29) is 6.61 Å². The van der Waals surface area contributed by atoms with Gasteiger partial charge in [-0.1, -0.05) is 13.3 Å². The number of furan rings is 1. The molecule has 0 radical (unpaired) electrons. The van der Waals surface area contributed by atoms with Crippen molar-refractivity contribution >= 4 is 0 Å². The average molecular weight is 225 g/mol. The molecule has 0 unspecified atom stereocenters. The molecule has 1 rings (SSSR count). The molecule has 0 aliphatic carbocycles. The van der Waals surface area contributed by atoms with Gasteiger partial charge < -0.3 is 9.52 Å². The Hall–Kier alpha value is -0.800. The van der Waals surface area contributed by atoms with Crippen molar-refractivity contribution in [3.8, 4) is 0 Å². The standard InChI is InChI=1S/C13H23NO2/c1-4-5-6-14(7-8-15)10-13-9-11(2)16-12(13)3/h9,15H,4-8,10H2,1-3H3. The van der Waals surface area contributed by atoms with Crippen molar-refractivity contribution in [3.63, 3.8) is 0 Å². The lowest BCUT2D eigenvalue weighted by Crippen LogP contribution is -2.27. The average Bonchev–Trinajstić information content (AvgIpc) is 2.54. The van der Waals surface area contributed by atoms with Crippen LogP contribution in [0.2, 0.25) is 0 Å². The molecule has 0 saturated heterocycles. The zero-order valence-electron chi connectivity index (χ0n) is 10.6. The van der Waals surface area contributed by atoms with E-state index in [1.807, 2.05) is 13.8 Å². The summed E-state index contributed by atoms with van der Waals surface area (Å²) < 4.78 is 5.51. The Morgan fingerprint density at radius 1 is 1.31 bits per heavy atom. The van der Waals surface area contributed by atoms with Gasteiger partial charge in [-0.25, -0.2) is 0 Å². The van der Waals surface area contributed by atoms with Gasteiger partial charge in [0, 0.05) is 18.7 Å². The smallest absolute Gasteiger partial charge is 0.105 e. The first-order valence-electron chi connectivity index (χ1n) is 6.06. The van der Waals surface area contributed by atoms with Crippen molar-refractivity contribution < 1.29 is 9.52 Å². The molecule has 0 amide bonds. The first kappa shape index (κ1) is 13.3. The van der Waals surface area contributed by atoms with E-state index >= 15 is 0 Å². The lowest BCUT2D eigenvalue weighted by molar-refractivity contribution is 0.187. The number of nitrogens with zero attached hydrogens (tertiary/aromatic N) is 1. The molecule has 16 heavy (non-hydrogen) atoms. The summed E-state index contributed by atoms with van der Waals surface area (Å²) in [6, 6.07) is 2.09. The number of hydrogen-bond acceptors (Lipinski definition) is 3. The van der Waals surface area contributed by atoms with Gasteiger partial charge in [0.1, 0.15) is 11.5 Å². The van der Waals surface area contributed by atoms with E-state index < -0.39 is 0 Å². The quantitative estimate of drug-likeness (QED) is 0.774. The zero-order chi connectivity index (χ0) is 12.0. The van der Waals surface area contributed by atoms with Crippen LogP contribution in [-0.2, 0) is 6.54 Å². The number of unbranched alkanes of at least 4 members (excludes halogenated alkanes) is 1. The number of aliphatic hydroxyl groups excluding tert-OH is 1. The first-order chi connectivity index (χ1) is 7.67. The van der Waals surface area contributed by atoms with Gasteiger partial charge in [0.2, 0.25) is 0 Å². The number of aliphatic hydroxyl groups is 1. The fourth-order valence-electron chi connectivity index (χ4n) is 1.87. The molecule has 1 heterocycles. The Morgan fingerprint density at radius 3 is 2.56 bits per heavy atom. The molecule has 1 N–H and O–H groups in total. The van der Waals surface area contributed by atoms with E-state index in [0.717, 1.165) is 31.2 Å². The zero-order valence-corrected chi connectivity index (χ0v) is 10.6. The first-order valence-corrected chi connectivity index (χ1v) is 6.06. The molecule has 3 heteroatoms. The second-order valence-electron chi connectivity index (χ2n) is 4.29. The molecule has 92 valence electrons. The summed E-state index contributed by atoms with van der Waals surface area (Å²) >= 11 is 0. The Balaban J connectivity index is 2.56. The molecule has 0 atom stereocenters. The second-order valence-corrected chi connectivity index (χ2v) is 4.29. The molecule has 0 bridgehead atoms. The Bertz CT molecular complexity index is 307. The maximum absolute atomic E-state index is 9.02. The summed E-state index contributed by atoms with van der Waals surface area (Å²) in [7, 11) is 0. The molecule has 1 aromatic rings. The minimum atomic E-state index is 0.222. The lowest BCUT2D eigenvalue weighted by Gasteiger charge is -2.20. The number of rotatable bonds is 7. The highest BCUT2D eigenvalue weighted by Crippen LogP contribution is 2.16. The van der Waals surface area contributed by atoms with Crippen molar-refractivity contribution in [1.29, 1.82) is 0 Å². The Kier molecular flexibility index (Phi) is 5.56. The minimum absolute atomic E-state index is 0.222. The summed E-state index contributed by atoms with van der Waals surface area (Å²) in [6.07, 6.45) is 2.36. The van der Waals surface area contributed by atoms with Gasteiger partial charge in [0.15, 0.2) is 0 Å². The van der Waals surface area contributed by atoms with E-state index in [0.29, 0.717) is 0 Å². The monoisotopic (exact) mass is 225 g/mol. The van der Waals surface area contributed by atoms with Crippen LogP contribution in [0.5, 0.6) is 0 Å². The highest BCUT2D eigenvalue weighted by molar-refractivity contribution is 5.19. The molecule has 0 spiro atoms. The van der Waals surface area contributed by atoms with E-state index in [4.69, 9.17) is 9.52 Å². The highest BCUT2D eigenvalue weighted by atomic mass is 16.3. The van der Waals surface area contributed by atoms with Crippen LogP contribution in [-0.4, -0.2) is 29.7 Å². The van der Waals surface area contributed by atoms with Crippen molar-refractivity contribution in [1.82, 2.24) is 4.90 Å². The van der Waals surface area contributed by atoms with Crippen molar-refractivity contribution in [3.05, 3.63) is 23.2 Å². The largest absolute Gasteiger partial charge is 0.466 e. The van der Waals surface area contributed by atoms with E-state index in [1.165, 1.54) is 18.4 Å². The van der Waals surface area contributed by atoms with Gasteiger partial charge in [-0.3, -0.25) is 4.90 Å². The summed E-state index contributed by atoms with van der Waals surface area (Å²) in [5.74, 6) is 1.96. The van der Waals surface area contributed by atoms with Crippen molar-refractivity contribution in [2.24, 2.45) is 0 Å². The van der Waals surface area contributed by atoms with E-state index in [2.05, 4.69) is 17.9 Å². The van der Waals surface area contributed by atoms with Crippen LogP contribution in [0, 0.1) is 13.8 Å². The Labute approximate surface area is 98.1 Å².